The van der Waals surface area contributed by atoms with Gasteiger partial charge in [0.15, 0.2) is 0 Å². The molecule has 0 radical (unpaired) electrons. The van der Waals surface area contributed by atoms with Crippen LogP contribution >= 0.6 is 15.9 Å². The molecule has 1 aliphatic rings. The predicted octanol–water partition coefficient (Wildman–Crippen LogP) is 2.97. The zero-order valence-electron chi connectivity index (χ0n) is 14.1. The van der Waals surface area contributed by atoms with Crippen LogP contribution in [-0.4, -0.2) is 33.0 Å². The monoisotopic (exact) mass is 423 g/mol. The fraction of sp³-hybridized carbons (Fsp3) is 0.100. The Balaban J connectivity index is 1.56. The molecule has 2 heterocycles. The summed E-state index contributed by atoms with van der Waals surface area (Å²) in [4.78, 5) is 38.2. The summed E-state index contributed by atoms with van der Waals surface area (Å²) in [6.07, 6.45) is 0. The molecule has 1 aliphatic heterocycles. The Labute approximate surface area is 163 Å². The Bertz CT molecular complexity index is 1070. The third kappa shape index (κ3) is 3.21. The molecule has 0 saturated heterocycles. The van der Waals surface area contributed by atoms with E-state index in [0.717, 1.165) is 14.9 Å². The van der Waals surface area contributed by atoms with Crippen molar-refractivity contribution in [3.63, 3.8) is 0 Å². The van der Waals surface area contributed by atoms with E-state index < -0.39 is 0 Å². The molecule has 0 aliphatic carbocycles. The lowest BCUT2D eigenvalue weighted by Gasteiger charge is -2.14. The topological polar surface area (TPSA) is 72.3 Å². The van der Waals surface area contributed by atoms with E-state index in [1.807, 2.05) is 24.3 Å². The molecule has 0 bridgehead atoms. The van der Waals surface area contributed by atoms with Gasteiger partial charge in [-0.2, -0.15) is 5.10 Å². The number of hydrogen-bond acceptors (Lipinski definition) is 4. The second kappa shape index (κ2) is 6.92. The van der Waals surface area contributed by atoms with Gasteiger partial charge in [0.25, 0.3) is 17.4 Å². The van der Waals surface area contributed by atoms with Crippen LogP contribution in [0, 0.1) is 0 Å². The van der Waals surface area contributed by atoms with Gasteiger partial charge < -0.3 is 0 Å². The van der Waals surface area contributed by atoms with E-state index in [9.17, 15) is 14.4 Å². The summed E-state index contributed by atoms with van der Waals surface area (Å²) in [5.74, 6) is -0.680. The van der Waals surface area contributed by atoms with Gasteiger partial charge >= 0.3 is 0 Å². The van der Waals surface area contributed by atoms with E-state index in [0.29, 0.717) is 16.8 Å². The average Bonchev–Trinajstić information content (AvgIpc) is 2.93. The molecule has 0 saturated carbocycles. The van der Waals surface area contributed by atoms with Crippen LogP contribution in [0.15, 0.2) is 69.9 Å². The number of fused-ring (bicyclic) bond motifs is 1. The van der Waals surface area contributed by atoms with Gasteiger partial charge in [0, 0.05) is 22.6 Å². The maximum absolute atomic E-state index is 12.4. The fourth-order valence-corrected chi connectivity index (χ4v) is 3.28. The van der Waals surface area contributed by atoms with Crippen molar-refractivity contribution in [1.29, 1.82) is 0 Å². The molecule has 2 amide bonds. The number of imide groups is 1. The zero-order valence-corrected chi connectivity index (χ0v) is 15.7. The van der Waals surface area contributed by atoms with E-state index in [2.05, 4.69) is 21.0 Å². The first-order chi connectivity index (χ1) is 13.0. The number of aromatic nitrogens is 2. The van der Waals surface area contributed by atoms with Crippen LogP contribution in [-0.2, 0) is 6.54 Å². The minimum Gasteiger partial charge on any atom is -0.272 e. The summed E-state index contributed by atoms with van der Waals surface area (Å²) in [7, 11) is 0. The number of carbonyl (C=O) groups is 2. The highest BCUT2D eigenvalue weighted by Gasteiger charge is 2.34. The number of benzene rings is 2. The third-order valence-electron chi connectivity index (χ3n) is 4.42. The molecular weight excluding hydrogens is 410 g/mol. The summed E-state index contributed by atoms with van der Waals surface area (Å²) < 4.78 is 2.23. The zero-order chi connectivity index (χ0) is 19.0. The molecule has 1 aromatic heterocycles. The van der Waals surface area contributed by atoms with Crippen LogP contribution in [0.3, 0.4) is 0 Å². The first kappa shape index (κ1) is 17.4. The first-order valence-corrected chi connectivity index (χ1v) is 9.13. The van der Waals surface area contributed by atoms with Crippen LogP contribution in [0.2, 0.25) is 0 Å². The molecule has 0 atom stereocenters. The Morgan fingerprint density at radius 2 is 1.41 bits per heavy atom. The molecule has 7 heteroatoms. The maximum atomic E-state index is 12.4. The predicted molar refractivity (Wildman–Crippen MR) is 103 cm³/mol. The standard InChI is InChI=1S/C20H14BrN3O3/c21-14-7-5-13(6-8-14)17-9-10-18(25)24(22-17)12-11-23-19(26)15-3-1-2-4-16(15)20(23)27/h1-10H,11-12H2. The molecule has 2 aromatic carbocycles. The molecule has 27 heavy (non-hydrogen) atoms. The summed E-state index contributed by atoms with van der Waals surface area (Å²) in [6.45, 7) is 0.220. The minimum atomic E-state index is -0.340. The number of nitrogens with zero attached hydrogens (tertiary/aromatic N) is 3. The fourth-order valence-electron chi connectivity index (χ4n) is 3.02. The number of hydrogen-bond donors (Lipinski definition) is 0. The van der Waals surface area contributed by atoms with Crippen molar-refractivity contribution >= 4 is 27.7 Å². The summed E-state index contributed by atoms with van der Waals surface area (Å²) in [6, 6.07) is 17.4. The average molecular weight is 424 g/mol. The largest absolute Gasteiger partial charge is 0.272 e. The van der Waals surface area contributed by atoms with Crippen LogP contribution in [0.5, 0.6) is 0 Å². The van der Waals surface area contributed by atoms with Crippen LogP contribution in [0.4, 0.5) is 0 Å². The van der Waals surface area contributed by atoms with E-state index in [4.69, 9.17) is 0 Å². The third-order valence-corrected chi connectivity index (χ3v) is 4.95. The molecule has 134 valence electrons. The number of rotatable bonds is 4. The lowest BCUT2D eigenvalue weighted by atomic mass is 10.1. The van der Waals surface area contributed by atoms with Crippen LogP contribution < -0.4 is 5.56 Å². The second-order valence-corrected chi connectivity index (χ2v) is 7.01. The van der Waals surface area contributed by atoms with Crippen molar-refractivity contribution in [2.75, 3.05) is 6.54 Å². The molecule has 6 nitrogen and oxygen atoms in total. The van der Waals surface area contributed by atoms with E-state index >= 15 is 0 Å². The SMILES string of the molecule is O=C1c2ccccc2C(=O)N1CCn1nc(-c2ccc(Br)cc2)ccc1=O. The van der Waals surface area contributed by atoms with Gasteiger partial charge in [0.05, 0.1) is 23.4 Å². The van der Waals surface area contributed by atoms with Crippen LogP contribution in [0.25, 0.3) is 11.3 Å². The van der Waals surface area contributed by atoms with Gasteiger partial charge in [-0.25, -0.2) is 4.68 Å². The highest BCUT2D eigenvalue weighted by Crippen LogP contribution is 2.22. The molecule has 4 rings (SSSR count). The van der Waals surface area contributed by atoms with Gasteiger partial charge in [0.2, 0.25) is 0 Å². The Morgan fingerprint density at radius 3 is 2.04 bits per heavy atom. The van der Waals surface area contributed by atoms with E-state index in [1.54, 1.807) is 30.3 Å². The maximum Gasteiger partial charge on any atom is 0.266 e. The highest BCUT2D eigenvalue weighted by molar-refractivity contribution is 9.10. The molecule has 3 aromatic rings. The van der Waals surface area contributed by atoms with Crippen molar-refractivity contribution in [3.05, 3.63) is 86.6 Å². The van der Waals surface area contributed by atoms with Gasteiger partial charge in [-0.15, -0.1) is 0 Å². The van der Waals surface area contributed by atoms with Crippen molar-refractivity contribution < 1.29 is 9.59 Å². The Hall–Kier alpha value is -3.06. The molecule has 0 unspecified atom stereocenters. The summed E-state index contributed by atoms with van der Waals surface area (Å²) >= 11 is 3.39. The molecule has 0 spiro atoms. The van der Waals surface area contributed by atoms with Gasteiger partial charge in [-0.3, -0.25) is 19.3 Å². The Morgan fingerprint density at radius 1 is 0.778 bits per heavy atom. The van der Waals surface area contributed by atoms with E-state index in [1.165, 1.54) is 10.7 Å². The Kier molecular flexibility index (Phi) is 4.45. The molecule has 0 fully saturated rings. The number of amides is 2. The normalized spacial score (nSPS) is 13.1. The first-order valence-electron chi connectivity index (χ1n) is 8.34. The van der Waals surface area contributed by atoms with Crippen molar-refractivity contribution in [2.45, 2.75) is 6.54 Å². The second-order valence-electron chi connectivity index (χ2n) is 6.09. The van der Waals surface area contributed by atoms with E-state index in [-0.39, 0.29) is 30.5 Å². The number of carbonyl (C=O) groups excluding carboxylic acids is 2. The smallest absolute Gasteiger partial charge is 0.266 e. The van der Waals surface area contributed by atoms with Gasteiger partial charge in [0.1, 0.15) is 0 Å². The molecular formula is C20H14BrN3O3. The van der Waals surface area contributed by atoms with Gasteiger partial charge in [-0.05, 0) is 30.3 Å². The van der Waals surface area contributed by atoms with Crippen LogP contribution in [0.1, 0.15) is 20.7 Å². The molecule has 0 N–H and O–H groups in total. The summed E-state index contributed by atoms with van der Waals surface area (Å²) in [5.41, 5.74) is 2.02. The van der Waals surface area contributed by atoms with Crippen molar-refractivity contribution in [2.24, 2.45) is 0 Å². The highest BCUT2D eigenvalue weighted by atomic mass is 79.9. The number of halogens is 1. The van der Waals surface area contributed by atoms with Gasteiger partial charge in [-0.1, -0.05) is 40.2 Å². The lowest BCUT2D eigenvalue weighted by Crippen LogP contribution is -2.35. The summed E-state index contributed by atoms with van der Waals surface area (Å²) in [5, 5.41) is 4.37. The minimum absolute atomic E-state index is 0.0864. The lowest BCUT2D eigenvalue weighted by molar-refractivity contribution is 0.0647. The quantitative estimate of drug-likeness (QED) is 0.604. The van der Waals surface area contributed by atoms with Crippen molar-refractivity contribution in [3.8, 4) is 11.3 Å². The van der Waals surface area contributed by atoms with Crippen molar-refractivity contribution in [1.82, 2.24) is 14.7 Å².